The molecule has 6 nitrogen and oxygen atoms in total. The number of nitrogens with zero attached hydrogens (tertiary/aromatic N) is 2. The summed E-state index contributed by atoms with van der Waals surface area (Å²) in [4.78, 5) is 2.57. The second-order valence-corrected chi connectivity index (χ2v) is 7.20. The van der Waals surface area contributed by atoms with Gasteiger partial charge >= 0.3 is 0 Å². The minimum Gasteiger partial charge on any atom is -0.454 e. The van der Waals surface area contributed by atoms with Gasteiger partial charge in [-0.2, -0.15) is 4.31 Å². The minimum atomic E-state index is -3.45. The van der Waals surface area contributed by atoms with Crippen LogP contribution in [0.5, 0.6) is 11.5 Å². The highest BCUT2D eigenvalue weighted by Gasteiger charge is 2.29. The lowest BCUT2D eigenvalue weighted by molar-refractivity contribution is 0.174. The molecule has 1 saturated heterocycles. The maximum atomic E-state index is 12.7. The quantitative estimate of drug-likeness (QED) is 0.834. The zero-order valence-corrected chi connectivity index (χ0v) is 12.9. The van der Waals surface area contributed by atoms with Crippen LogP contribution in [-0.4, -0.2) is 57.1 Å². The first kappa shape index (κ1) is 14.6. The molecular formula is C14H20N2O4S. The van der Waals surface area contributed by atoms with E-state index < -0.39 is 10.0 Å². The zero-order chi connectivity index (χ0) is 14.9. The summed E-state index contributed by atoms with van der Waals surface area (Å²) >= 11 is 0. The maximum absolute atomic E-state index is 12.7. The fourth-order valence-corrected chi connectivity index (χ4v) is 4.13. The Morgan fingerprint density at radius 3 is 2.52 bits per heavy atom. The lowest BCUT2D eigenvalue weighted by Gasteiger charge is -2.33. The molecule has 3 rings (SSSR count). The van der Waals surface area contributed by atoms with Gasteiger partial charge < -0.3 is 14.4 Å². The van der Waals surface area contributed by atoms with Crippen LogP contribution >= 0.6 is 0 Å². The summed E-state index contributed by atoms with van der Waals surface area (Å²) in [6.07, 6.45) is 1.09. The number of ether oxygens (including phenoxy) is 2. The van der Waals surface area contributed by atoms with Crippen LogP contribution in [0.15, 0.2) is 23.1 Å². The number of hydrogen-bond donors (Lipinski definition) is 0. The second kappa shape index (κ2) is 5.82. The van der Waals surface area contributed by atoms with Crippen LogP contribution in [0.1, 0.15) is 13.3 Å². The monoisotopic (exact) mass is 312 g/mol. The zero-order valence-electron chi connectivity index (χ0n) is 12.1. The topological polar surface area (TPSA) is 59.1 Å². The fourth-order valence-electron chi connectivity index (χ4n) is 2.70. The Labute approximate surface area is 125 Å². The van der Waals surface area contributed by atoms with Crippen molar-refractivity contribution >= 4 is 10.0 Å². The van der Waals surface area contributed by atoms with Crippen LogP contribution in [0.25, 0.3) is 0 Å². The summed E-state index contributed by atoms with van der Waals surface area (Å²) in [6.45, 7) is 5.96. The SMILES string of the molecule is CCCN1CCN(S(=O)(=O)c2ccc3c(c2)OCO3)CC1. The number of fused-ring (bicyclic) bond motifs is 1. The molecule has 0 aliphatic carbocycles. The molecule has 2 heterocycles. The molecule has 0 N–H and O–H groups in total. The van der Waals surface area contributed by atoms with Crippen LogP contribution in [0.3, 0.4) is 0 Å². The molecule has 0 atom stereocenters. The van der Waals surface area contributed by atoms with Crippen molar-refractivity contribution in [1.29, 1.82) is 0 Å². The predicted molar refractivity (Wildman–Crippen MR) is 78.1 cm³/mol. The summed E-state index contributed by atoms with van der Waals surface area (Å²) < 4.78 is 37.4. The van der Waals surface area contributed by atoms with Crippen molar-refractivity contribution in [3.63, 3.8) is 0 Å². The summed E-state index contributed by atoms with van der Waals surface area (Å²) in [6, 6.07) is 4.79. The summed E-state index contributed by atoms with van der Waals surface area (Å²) in [5.74, 6) is 1.10. The summed E-state index contributed by atoms with van der Waals surface area (Å²) in [7, 11) is -3.45. The highest BCUT2D eigenvalue weighted by atomic mass is 32.2. The number of rotatable bonds is 4. The van der Waals surface area contributed by atoms with Gasteiger partial charge in [-0.3, -0.25) is 0 Å². The van der Waals surface area contributed by atoms with E-state index in [1.807, 2.05) is 0 Å². The fraction of sp³-hybridized carbons (Fsp3) is 0.571. The minimum absolute atomic E-state index is 0.147. The van der Waals surface area contributed by atoms with Crippen LogP contribution < -0.4 is 9.47 Å². The van der Waals surface area contributed by atoms with Gasteiger partial charge in [-0.15, -0.1) is 0 Å². The van der Waals surface area contributed by atoms with Gasteiger partial charge in [0, 0.05) is 32.2 Å². The molecule has 2 aliphatic heterocycles. The Morgan fingerprint density at radius 2 is 1.81 bits per heavy atom. The average molecular weight is 312 g/mol. The molecule has 21 heavy (non-hydrogen) atoms. The molecule has 7 heteroatoms. The van der Waals surface area contributed by atoms with E-state index in [9.17, 15) is 8.42 Å². The lowest BCUT2D eigenvalue weighted by atomic mass is 10.3. The van der Waals surface area contributed by atoms with Crippen molar-refractivity contribution in [2.45, 2.75) is 18.2 Å². The summed E-state index contributed by atoms with van der Waals surface area (Å²) in [5.41, 5.74) is 0. The Morgan fingerprint density at radius 1 is 1.10 bits per heavy atom. The maximum Gasteiger partial charge on any atom is 0.243 e. The average Bonchev–Trinajstić information content (AvgIpc) is 2.95. The van der Waals surface area contributed by atoms with Gasteiger partial charge in [0.15, 0.2) is 11.5 Å². The molecule has 1 fully saturated rings. The molecule has 0 spiro atoms. The van der Waals surface area contributed by atoms with Gasteiger partial charge in [0.05, 0.1) is 4.90 Å². The standard InChI is InChI=1S/C14H20N2O4S/c1-2-5-15-6-8-16(9-7-15)21(17,18)12-3-4-13-14(10-12)20-11-19-13/h3-4,10H,2,5-9,11H2,1H3. The van der Waals surface area contributed by atoms with Gasteiger partial charge in [-0.1, -0.05) is 6.92 Å². The van der Waals surface area contributed by atoms with Crippen LogP contribution in [0, 0.1) is 0 Å². The molecule has 1 aromatic rings. The Kier molecular flexibility index (Phi) is 4.05. The van der Waals surface area contributed by atoms with E-state index in [1.54, 1.807) is 22.5 Å². The first-order valence-corrected chi connectivity index (χ1v) is 8.67. The van der Waals surface area contributed by atoms with E-state index in [-0.39, 0.29) is 11.7 Å². The van der Waals surface area contributed by atoms with Gasteiger partial charge in [-0.25, -0.2) is 8.42 Å². The first-order valence-electron chi connectivity index (χ1n) is 7.23. The van der Waals surface area contributed by atoms with E-state index >= 15 is 0 Å². The highest BCUT2D eigenvalue weighted by molar-refractivity contribution is 7.89. The van der Waals surface area contributed by atoms with Gasteiger partial charge in [-0.05, 0) is 25.1 Å². The highest BCUT2D eigenvalue weighted by Crippen LogP contribution is 2.34. The lowest BCUT2D eigenvalue weighted by Crippen LogP contribution is -2.48. The summed E-state index contributed by atoms with van der Waals surface area (Å²) in [5, 5.41) is 0. The van der Waals surface area contributed by atoms with Crippen molar-refractivity contribution in [2.75, 3.05) is 39.5 Å². The number of piperazine rings is 1. The van der Waals surface area contributed by atoms with E-state index in [4.69, 9.17) is 9.47 Å². The number of benzene rings is 1. The number of sulfonamides is 1. The third-order valence-corrected chi connectivity index (χ3v) is 5.75. The van der Waals surface area contributed by atoms with E-state index in [1.165, 1.54) is 0 Å². The Hall–Kier alpha value is -1.31. The first-order chi connectivity index (χ1) is 10.1. The van der Waals surface area contributed by atoms with E-state index in [2.05, 4.69) is 11.8 Å². The molecule has 2 aliphatic rings. The molecule has 116 valence electrons. The van der Waals surface area contributed by atoms with Crippen molar-refractivity contribution in [3.05, 3.63) is 18.2 Å². The van der Waals surface area contributed by atoms with Crippen molar-refractivity contribution in [1.82, 2.24) is 9.21 Å². The van der Waals surface area contributed by atoms with Gasteiger partial charge in [0.1, 0.15) is 0 Å². The third kappa shape index (κ3) is 2.86. The molecule has 0 unspecified atom stereocenters. The van der Waals surface area contributed by atoms with E-state index in [0.717, 1.165) is 26.1 Å². The number of hydrogen-bond acceptors (Lipinski definition) is 5. The molecule has 1 aromatic carbocycles. The predicted octanol–water partition coefficient (Wildman–Crippen LogP) is 1.13. The normalized spacial score (nSPS) is 19.9. The molecule has 0 aromatic heterocycles. The van der Waals surface area contributed by atoms with Gasteiger partial charge in [0.25, 0.3) is 0 Å². The van der Waals surface area contributed by atoms with Crippen LogP contribution in [0.2, 0.25) is 0 Å². The molecule has 0 saturated carbocycles. The molecular weight excluding hydrogens is 292 g/mol. The molecule has 0 radical (unpaired) electrons. The Balaban J connectivity index is 1.75. The smallest absolute Gasteiger partial charge is 0.243 e. The Bertz CT molecular complexity index is 609. The van der Waals surface area contributed by atoms with Crippen LogP contribution in [-0.2, 0) is 10.0 Å². The van der Waals surface area contributed by atoms with Gasteiger partial charge in [0.2, 0.25) is 16.8 Å². The van der Waals surface area contributed by atoms with Crippen LogP contribution in [0.4, 0.5) is 0 Å². The molecule has 0 bridgehead atoms. The largest absolute Gasteiger partial charge is 0.454 e. The van der Waals surface area contributed by atoms with Crippen molar-refractivity contribution in [3.8, 4) is 11.5 Å². The molecule has 0 amide bonds. The van der Waals surface area contributed by atoms with Crippen molar-refractivity contribution in [2.24, 2.45) is 0 Å². The second-order valence-electron chi connectivity index (χ2n) is 5.26. The van der Waals surface area contributed by atoms with Crippen molar-refractivity contribution < 1.29 is 17.9 Å². The third-order valence-electron chi connectivity index (χ3n) is 3.85. The van der Waals surface area contributed by atoms with E-state index in [0.29, 0.717) is 24.6 Å².